The summed E-state index contributed by atoms with van der Waals surface area (Å²) in [4.78, 5) is 0. The second-order valence-corrected chi connectivity index (χ2v) is 6.33. The van der Waals surface area contributed by atoms with Gasteiger partial charge in [0, 0.05) is 11.6 Å². The van der Waals surface area contributed by atoms with E-state index in [-0.39, 0.29) is 0 Å². The van der Waals surface area contributed by atoms with Crippen molar-refractivity contribution in [3.05, 3.63) is 28.8 Å². The van der Waals surface area contributed by atoms with E-state index >= 15 is 0 Å². The predicted octanol–water partition coefficient (Wildman–Crippen LogP) is 4.40. The van der Waals surface area contributed by atoms with Crippen molar-refractivity contribution in [2.75, 3.05) is 13.7 Å². The Bertz CT molecular complexity index is 451. The first-order valence-corrected chi connectivity index (χ1v) is 7.97. The van der Waals surface area contributed by atoms with Crippen molar-refractivity contribution in [3.8, 4) is 5.75 Å². The molecule has 1 N–H and O–H groups in total. The number of methoxy groups -OCH3 is 1. The molecule has 1 fully saturated rings. The van der Waals surface area contributed by atoms with Gasteiger partial charge in [-0.15, -0.1) is 0 Å². The van der Waals surface area contributed by atoms with Crippen LogP contribution in [0.15, 0.2) is 12.1 Å². The molecule has 112 valence electrons. The maximum atomic E-state index is 5.68. The Kier molecular flexibility index (Phi) is 5.09. The van der Waals surface area contributed by atoms with Crippen molar-refractivity contribution in [1.29, 1.82) is 0 Å². The molecule has 1 aliphatic carbocycles. The highest BCUT2D eigenvalue weighted by atomic mass is 16.5. The van der Waals surface area contributed by atoms with Gasteiger partial charge in [-0.1, -0.05) is 19.9 Å². The molecule has 2 heteroatoms. The van der Waals surface area contributed by atoms with Gasteiger partial charge in [-0.05, 0) is 68.7 Å². The molecule has 0 heterocycles. The van der Waals surface area contributed by atoms with E-state index in [0.717, 1.165) is 18.2 Å². The standard InChI is InChI=1S/C18H29NO/c1-6-9-19-18(14(4)15-7-8-15)17-13(3)10-12(2)11-16(17)20-5/h10-11,14-15,18-19H,6-9H2,1-5H3. The van der Waals surface area contributed by atoms with Crippen LogP contribution in [0.1, 0.15) is 55.8 Å². The quantitative estimate of drug-likeness (QED) is 0.796. The second kappa shape index (κ2) is 6.62. The molecule has 0 spiro atoms. The van der Waals surface area contributed by atoms with Crippen molar-refractivity contribution >= 4 is 0 Å². The summed E-state index contributed by atoms with van der Waals surface area (Å²) in [5, 5.41) is 3.76. The third-order valence-electron chi connectivity index (χ3n) is 4.53. The molecule has 1 saturated carbocycles. The third kappa shape index (κ3) is 3.35. The summed E-state index contributed by atoms with van der Waals surface area (Å²) < 4.78 is 5.68. The fourth-order valence-electron chi connectivity index (χ4n) is 3.25. The minimum atomic E-state index is 0.415. The molecule has 2 nitrogen and oxygen atoms in total. The summed E-state index contributed by atoms with van der Waals surface area (Å²) in [6, 6.07) is 4.86. The molecule has 0 amide bonds. The minimum absolute atomic E-state index is 0.415. The van der Waals surface area contributed by atoms with Crippen LogP contribution >= 0.6 is 0 Å². The van der Waals surface area contributed by atoms with Crippen LogP contribution in [0.2, 0.25) is 0 Å². The maximum Gasteiger partial charge on any atom is 0.124 e. The molecule has 1 aromatic rings. The summed E-state index contributed by atoms with van der Waals surface area (Å²) in [5.74, 6) is 2.61. The lowest BCUT2D eigenvalue weighted by molar-refractivity contribution is 0.330. The second-order valence-electron chi connectivity index (χ2n) is 6.33. The van der Waals surface area contributed by atoms with Gasteiger partial charge >= 0.3 is 0 Å². The van der Waals surface area contributed by atoms with E-state index in [1.165, 1.54) is 36.0 Å². The Morgan fingerprint density at radius 3 is 2.55 bits per heavy atom. The van der Waals surface area contributed by atoms with Gasteiger partial charge < -0.3 is 10.1 Å². The van der Waals surface area contributed by atoms with Crippen LogP contribution < -0.4 is 10.1 Å². The molecule has 2 atom stereocenters. The highest BCUT2D eigenvalue weighted by Gasteiger charge is 2.35. The molecule has 0 aromatic heterocycles. The molecule has 2 rings (SSSR count). The van der Waals surface area contributed by atoms with Gasteiger partial charge in [0.25, 0.3) is 0 Å². The number of nitrogens with one attached hydrogen (secondary N) is 1. The first kappa shape index (κ1) is 15.4. The van der Waals surface area contributed by atoms with Gasteiger partial charge in [0.05, 0.1) is 7.11 Å². The molecule has 0 bridgehead atoms. The highest BCUT2D eigenvalue weighted by Crippen LogP contribution is 2.45. The van der Waals surface area contributed by atoms with Crippen molar-refractivity contribution in [1.82, 2.24) is 5.32 Å². The maximum absolute atomic E-state index is 5.68. The van der Waals surface area contributed by atoms with Gasteiger partial charge in [-0.3, -0.25) is 0 Å². The normalized spacial score (nSPS) is 17.9. The first-order chi connectivity index (χ1) is 9.58. The summed E-state index contributed by atoms with van der Waals surface area (Å²) >= 11 is 0. The van der Waals surface area contributed by atoms with E-state index in [9.17, 15) is 0 Å². The zero-order valence-corrected chi connectivity index (χ0v) is 13.6. The van der Waals surface area contributed by atoms with Crippen LogP contribution in [0, 0.1) is 25.7 Å². The van der Waals surface area contributed by atoms with E-state index in [1.54, 1.807) is 7.11 Å². The predicted molar refractivity (Wildman–Crippen MR) is 85.4 cm³/mol. The van der Waals surface area contributed by atoms with Crippen molar-refractivity contribution in [3.63, 3.8) is 0 Å². The molecule has 0 radical (unpaired) electrons. The smallest absolute Gasteiger partial charge is 0.124 e. The zero-order valence-electron chi connectivity index (χ0n) is 13.6. The summed E-state index contributed by atoms with van der Waals surface area (Å²) in [5.41, 5.74) is 3.99. The Balaban J connectivity index is 2.35. The van der Waals surface area contributed by atoms with Crippen LogP contribution in [0.5, 0.6) is 5.75 Å². The monoisotopic (exact) mass is 275 g/mol. The number of hydrogen-bond acceptors (Lipinski definition) is 2. The summed E-state index contributed by atoms with van der Waals surface area (Å²) in [7, 11) is 1.79. The Morgan fingerprint density at radius 2 is 2.00 bits per heavy atom. The van der Waals surface area contributed by atoms with E-state index in [4.69, 9.17) is 4.74 Å². The number of hydrogen-bond donors (Lipinski definition) is 1. The largest absolute Gasteiger partial charge is 0.496 e. The van der Waals surface area contributed by atoms with Crippen LogP contribution in [-0.2, 0) is 0 Å². The lowest BCUT2D eigenvalue weighted by Gasteiger charge is -2.29. The number of ether oxygens (including phenoxy) is 1. The Hall–Kier alpha value is -1.02. The number of aryl methyl sites for hydroxylation is 2. The first-order valence-electron chi connectivity index (χ1n) is 7.97. The lowest BCUT2D eigenvalue weighted by atomic mass is 9.87. The fraction of sp³-hybridized carbons (Fsp3) is 0.667. The molecule has 2 unspecified atom stereocenters. The zero-order chi connectivity index (χ0) is 14.7. The summed E-state index contributed by atoms with van der Waals surface area (Å²) in [6.07, 6.45) is 3.94. The Morgan fingerprint density at radius 1 is 1.30 bits per heavy atom. The van der Waals surface area contributed by atoms with Gasteiger partial charge in [-0.2, -0.15) is 0 Å². The average Bonchev–Trinajstić information content (AvgIpc) is 3.24. The molecular formula is C18H29NO. The summed E-state index contributed by atoms with van der Waals surface area (Å²) in [6.45, 7) is 10.0. The molecule has 0 aliphatic heterocycles. The Labute approximate surface area is 123 Å². The molecule has 1 aliphatic rings. The third-order valence-corrected chi connectivity index (χ3v) is 4.53. The van der Waals surface area contributed by atoms with E-state index in [1.807, 2.05) is 0 Å². The van der Waals surface area contributed by atoms with Crippen molar-refractivity contribution in [2.45, 2.75) is 53.0 Å². The van der Waals surface area contributed by atoms with E-state index < -0.39 is 0 Å². The SMILES string of the molecule is CCCNC(c1c(C)cc(C)cc1OC)C(C)C1CC1. The van der Waals surface area contributed by atoms with E-state index in [0.29, 0.717) is 12.0 Å². The fourth-order valence-corrected chi connectivity index (χ4v) is 3.25. The average molecular weight is 275 g/mol. The van der Waals surface area contributed by atoms with Gasteiger partial charge in [-0.25, -0.2) is 0 Å². The number of rotatable bonds is 7. The van der Waals surface area contributed by atoms with Gasteiger partial charge in [0.15, 0.2) is 0 Å². The van der Waals surface area contributed by atoms with Crippen LogP contribution in [0.4, 0.5) is 0 Å². The molecule has 20 heavy (non-hydrogen) atoms. The van der Waals surface area contributed by atoms with Gasteiger partial charge in [0.1, 0.15) is 5.75 Å². The number of benzene rings is 1. The van der Waals surface area contributed by atoms with E-state index in [2.05, 4.69) is 45.1 Å². The van der Waals surface area contributed by atoms with Crippen molar-refractivity contribution < 1.29 is 4.74 Å². The van der Waals surface area contributed by atoms with Crippen molar-refractivity contribution in [2.24, 2.45) is 11.8 Å². The van der Waals surface area contributed by atoms with Crippen LogP contribution in [0.3, 0.4) is 0 Å². The highest BCUT2D eigenvalue weighted by molar-refractivity contribution is 5.45. The molecular weight excluding hydrogens is 246 g/mol. The molecule has 1 aromatic carbocycles. The molecule has 0 saturated heterocycles. The van der Waals surface area contributed by atoms with Gasteiger partial charge in [0.2, 0.25) is 0 Å². The lowest BCUT2D eigenvalue weighted by Crippen LogP contribution is -2.29. The van der Waals surface area contributed by atoms with Crippen LogP contribution in [-0.4, -0.2) is 13.7 Å². The van der Waals surface area contributed by atoms with Crippen LogP contribution in [0.25, 0.3) is 0 Å². The minimum Gasteiger partial charge on any atom is -0.496 e. The topological polar surface area (TPSA) is 21.3 Å².